The van der Waals surface area contributed by atoms with Crippen molar-refractivity contribution in [2.75, 3.05) is 7.11 Å². The quantitative estimate of drug-likeness (QED) is 0.554. The topological polar surface area (TPSA) is 104 Å². The fourth-order valence-corrected chi connectivity index (χ4v) is 4.60. The van der Waals surface area contributed by atoms with Crippen molar-refractivity contribution in [2.45, 2.75) is 64.5 Å². The smallest absolute Gasteiger partial charge is 0.328 e. The molecule has 0 saturated heterocycles. The molecule has 1 saturated carbocycles. The second-order valence-electron chi connectivity index (χ2n) is 8.60. The number of benzene rings is 1. The maximum Gasteiger partial charge on any atom is 0.328 e. The number of carbonyl (C=O) groups excluding carboxylic acids is 3. The number of aromatic nitrogens is 1. The standard InChI is InChI=1S/C26H32N2O6/c1-16(28-25(30)23-24(34-18(3)29)21(32-4)14-15-27-23)26(31)33-17(2)22(20-12-8-9-13-20)19-10-6-5-7-11-19/h5-7,10-11,14-17,20,22H,8-9,12-13H2,1-4H3,(H,28,30)/t16-,17?,22+/m0/s1. The number of hydrogen-bond acceptors (Lipinski definition) is 7. The predicted molar refractivity (Wildman–Crippen MR) is 126 cm³/mol. The van der Waals surface area contributed by atoms with Crippen LogP contribution in [0.1, 0.15) is 68.4 Å². The first-order valence-corrected chi connectivity index (χ1v) is 11.6. The van der Waals surface area contributed by atoms with Crippen molar-refractivity contribution >= 4 is 17.8 Å². The van der Waals surface area contributed by atoms with Crippen LogP contribution in [0.25, 0.3) is 0 Å². The van der Waals surface area contributed by atoms with Crippen LogP contribution >= 0.6 is 0 Å². The number of nitrogens with one attached hydrogen (secondary N) is 1. The van der Waals surface area contributed by atoms with E-state index in [0.717, 1.165) is 18.4 Å². The highest BCUT2D eigenvalue weighted by Gasteiger charge is 2.34. The SMILES string of the molecule is COc1ccnc(C(=O)N[C@@H](C)C(=O)OC(C)[C@H](c2ccccc2)C2CCCC2)c1OC(C)=O. The van der Waals surface area contributed by atoms with Gasteiger partial charge in [-0.3, -0.25) is 9.59 Å². The van der Waals surface area contributed by atoms with E-state index >= 15 is 0 Å². The van der Waals surface area contributed by atoms with Gasteiger partial charge in [-0.1, -0.05) is 43.2 Å². The maximum atomic E-state index is 12.9. The highest BCUT2D eigenvalue weighted by molar-refractivity contribution is 5.98. The largest absolute Gasteiger partial charge is 0.493 e. The van der Waals surface area contributed by atoms with E-state index in [4.69, 9.17) is 14.2 Å². The third-order valence-corrected chi connectivity index (χ3v) is 6.15. The summed E-state index contributed by atoms with van der Waals surface area (Å²) in [5, 5.41) is 2.59. The zero-order chi connectivity index (χ0) is 24.7. The zero-order valence-corrected chi connectivity index (χ0v) is 20.1. The average molecular weight is 469 g/mol. The number of carbonyl (C=O) groups is 3. The van der Waals surface area contributed by atoms with E-state index in [1.165, 1.54) is 39.1 Å². The van der Waals surface area contributed by atoms with Gasteiger partial charge in [-0.2, -0.15) is 0 Å². The lowest BCUT2D eigenvalue weighted by molar-refractivity contribution is -0.151. The summed E-state index contributed by atoms with van der Waals surface area (Å²) in [5.74, 6) is -1.23. The first kappa shape index (κ1) is 25.2. The number of methoxy groups -OCH3 is 1. The van der Waals surface area contributed by atoms with E-state index in [2.05, 4.69) is 22.4 Å². The summed E-state index contributed by atoms with van der Waals surface area (Å²) in [6, 6.07) is 10.6. The van der Waals surface area contributed by atoms with Crippen LogP contribution in [0, 0.1) is 5.92 Å². The molecule has 0 spiro atoms. The van der Waals surface area contributed by atoms with Crippen LogP contribution in [-0.2, 0) is 14.3 Å². The normalized spacial score (nSPS) is 16.2. The molecule has 1 fully saturated rings. The Morgan fingerprint density at radius 3 is 2.35 bits per heavy atom. The van der Waals surface area contributed by atoms with Crippen molar-refractivity contribution in [3.8, 4) is 11.5 Å². The fourth-order valence-electron chi connectivity index (χ4n) is 4.60. The highest BCUT2D eigenvalue weighted by atomic mass is 16.6. The van der Waals surface area contributed by atoms with Gasteiger partial charge < -0.3 is 19.5 Å². The van der Waals surface area contributed by atoms with E-state index in [1.807, 2.05) is 25.1 Å². The number of ether oxygens (including phenoxy) is 3. The van der Waals surface area contributed by atoms with E-state index in [-0.39, 0.29) is 29.2 Å². The van der Waals surface area contributed by atoms with E-state index < -0.39 is 23.9 Å². The molecule has 1 unspecified atom stereocenters. The first-order valence-electron chi connectivity index (χ1n) is 11.6. The lowest BCUT2D eigenvalue weighted by atomic mass is 9.81. The summed E-state index contributed by atoms with van der Waals surface area (Å²) >= 11 is 0. The Morgan fingerprint density at radius 1 is 1.06 bits per heavy atom. The van der Waals surface area contributed by atoms with Gasteiger partial charge in [0.1, 0.15) is 12.1 Å². The number of rotatable bonds is 9. The van der Waals surface area contributed by atoms with Crippen molar-refractivity contribution in [2.24, 2.45) is 5.92 Å². The molecule has 0 radical (unpaired) electrons. The molecule has 8 nitrogen and oxygen atoms in total. The lowest BCUT2D eigenvalue weighted by Gasteiger charge is -2.30. The van der Waals surface area contributed by atoms with Crippen LogP contribution in [0.15, 0.2) is 42.6 Å². The molecule has 1 heterocycles. The number of nitrogens with zero attached hydrogens (tertiary/aromatic N) is 1. The molecular formula is C26H32N2O6. The molecular weight excluding hydrogens is 436 g/mol. The molecule has 0 aliphatic heterocycles. The van der Waals surface area contributed by atoms with Crippen LogP contribution in [-0.4, -0.2) is 42.1 Å². The Balaban J connectivity index is 1.70. The van der Waals surface area contributed by atoms with E-state index in [9.17, 15) is 14.4 Å². The third-order valence-electron chi connectivity index (χ3n) is 6.15. The first-order chi connectivity index (χ1) is 16.3. The number of esters is 2. The number of hydrogen-bond donors (Lipinski definition) is 1. The summed E-state index contributed by atoms with van der Waals surface area (Å²) in [6.07, 6.45) is 5.57. The number of pyridine rings is 1. The summed E-state index contributed by atoms with van der Waals surface area (Å²) in [4.78, 5) is 41.2. The molecule has 182 valence electrons. The lowest BCUT2D eigenvalue weighted by Crippen LogP contribution is -2.42. The molecule has 8 heteroatoms. The molecule has 1 aromatic heterocycles. The van der Waals surface area contributed by atoms with Crippen LogP contribution in [0.4, 0.5) is 0 Å². The monoisotopic (exact) mass is 468 g/mol. The highest BCUT2D eigenvalue weighted by Crippen LogP contribution is 2.40. The Kier molecular flexibility index (Phi) is 8.62. The van der Waals surface area contributed by atoms with Gasteiger partial charge in [0, 0.05) is 25.1 Å². The van der Waals surface area contributed by atoms with Crippen molar-refractivity contribution < 1.29 is 28.6 Å². The molecule has 2 aromatic rings. The van der Waals surface area contributed by atoms with Gasteiger partial charge in [0.05, 0.1) is 7.11 Å². The molecule has 34 heavy (non-hydrogen) atoms. The summed E-state index contributed by atoms with van der Waals surface area (Å²) in [7, 11) is 1.39. The summed E-state index contributed by atoms with van der Waals surface area (Å²) in [6.45, 7) is 4.67. The second kappa shape index (κ2) is 11.6. The number of amides is 1. The van der Waals surface area contributed by atoms with Crippen LogP contribution in [0.5, 0.6) is 11.5 Å². The van der Waals surface area contributed by atoms with Gasteiger partial charge in [-0.25, -0.2) is 9.78 Å². The Labute approximate surface area is 200 Å². The van der Waals surface area contributed by atoms with Crippen LogP contribution in [0.3, 0.4) is 0 Å². The second-order valence-corrected chi connectivity index (χ2v) is 8.60. The van der Waals surface area contributed by atoms with Crippen molar-refractivity contribution in [3.05, 3.63) is 53.9 Å². The van der Waals surface area contributed by atoms with Crippen molar-refractivity contribution in [1.82, 2.24) is 10.3 Å². The van der Waals surface area contributed by atoms with Gasteiger partial charge in [0.15, 0.2) is 11.4 Å². The molecule has 0 bridgehead atoms. The zero-order valence-electron chi connectivity index (χ0n) is 20.1. The maximum absolute atomic E-state index is 12.9. The molecule has 3 atom stereocenters. The van der Waals surface area contributed by atoms with Gasteiger partial charge in [-0.05, 0) is 38.2 Å². The van der Waals surface area contributed by atoms with E-state index in [0.29, 0.717) is 5.92 Å². The average Bonchev–Trinajstić information content (AvgIpc) is 3.33. The summed E-state index contributed by atoms with van der Waals surface area (Å²) in [5.41, 5.74) is 0.994. The Morgan fingerprint density at radius 2 is 1.74 bits per heavy atom. The molecule has 1 amide bonds. The molecule has 1 aromatic carbocycles. The van der Waals surface area contributed by atoms with Gasteiger partial charge >= 0.3 is 11.9 Å². The molecule has 1 aliphatic carbocycles. The molecule has 1 N–H and O–H groups in total. The van der Waals surface area contributed by atoms with Gasteiger partial charge in [0.2, 0.25) is 5.75 Å². The Hall–Kier alpha value is -3.42. The minimum atomic E-state index is -0.937. The van der Waals surface area contributed by atoms with Crippen LogP contribution in [0.2, 0.25) is 0 Å². The fraction of sp³-hybridized carbons (Fsp3) is 0.462. The van der Waals surface area contributed by atoms with Crippen LogP contribution < -0.4 is 14.8 Å². The summed E-state index contributed by atoms with van der Waals surface area (Å²) < 4.78 is 16.1. The van der Waals surface area contributed by atoms with E-state index in [1.54, 1.807) is 6.92 Å². The predicted octanol–water partition coefficient (Wildman–Crippen LogP) is 4.04. The van der Waals surface area contributed by atoms with Gasteiger partial charge in [0.25, 0.3) is 5.91 Å². The minimum absolute atomic E-state index is 0.0890. The Bertz CT molecular complexity index is 1000. The molecule has 1 aliphatic rings. The van der Waals surface area contributed by atoms with Gasteiger partial charge in [-0.15, -0.1) is 0 Å². The van der Waals surface area contributed by atoms with Crippen molar-refractivity contribution in [1.29, 1.82) is 0 Å². The molecule has 3 rings (SSSR count). The minimum Gasteiger partial charge on any atom is -0.493 e. The van der Waals surface area contributed by atoms with Crippen molar-refractivity contribution in [3.63, 3.8) is 0 Å². The third kappa shape index (κ3) is 6.12.